The zero-order valence-electron chi connectivity index (χ0n) is 17.9. The summed E-state index contributed by atoms with van der Waals surface area (Å²) in [6.45, 7) is 0. The molecule has 2 aliphatic rings. The SMILES string of the molecule is CNc1cc(Nc2cccnc2OC2CCC(O)CC2)nc2c(C(=O)NC3CC3)cnn12. The second kappa shape index (κ2) is 8.62. The smallest absolute Gasteiger partial charge is 0.256 e. The number of hydrogen-bond acceptors (Lipinski definition) is 8. The summed E-state index contributed by atoms with van der Waals surface area (Å²) in [4.78, 5) is 21.7. The van der Waals surface area contributed by atoms with Crippen molar-refractivity contribution in [2.75, 3.05) is 17.7 Å². The lowest BCUT2D eigenvalue weighted by Crippen LogP contribution is -2.27. The number of amides is 1. The van der Waals surface area contributed by atoms with Crippen molar-refractivity contribution < 1.29 is 14.6 Å². The van der Waals surface area contributed by atoms with Crippen LogP contribution in [0.1, 0.15) is 48.9 Å². The maximum absolute atomic E-state index is 12.6. The number of ether oxygens (including phenoxy) is 1. The summed E-state index contributed by atoms with van der Waals surface area (Å²) in [7, 11) is 1.79. The van der Waals surface area contributed by atoms with Crippen LogP contribution in [0.2, 0.25) is 0 Å². The molecule has 0 spiro atoms. The predicted octanol–water partition coefficient (Wildman–Crippen LogP) is 2.48. The van der Waals surface area contributed by atoms with Crippen LogP contribution >= 0.6 is 0 Å². The molecule has 1 amide bonds. The summed E-state index contributed by atoms with van der Waals surface area (Å²) in [6.07, 6.45) is 8.08. The van der Waals surface area contributed by atoms with Crippen molar-refractivity contribution in [1.82, 2.24) is 24.9 Å². The number of fused-ring (bicyclic) bond motifs is 1. The van der Waals surface area contributed by atoms with Gasteiger partial charge in [-0.05, 0) is 50.7 Å². The van der Waals surface area contributed by atoms with Crippen molar-refractivity contribution in [1.29, 1.82) is 0 Å². The normalized spacial score (nSPS) is 20.7. The quantitative estimate of drug-likeness (QED) is 0.444. The van der Waals surface area contributed by atoms with Gasteiger partial charge in [0.15, 0.2) is 5.65 Å². The molecule has 3 aromatic heterocycles. The van der Waals surface area contributed by atoms with Crippen LogP contribution in [0.3, 0.4) is 0 Å². The summed E-state index contributed by atoms with van der Waals surface area (Å²) < 4.78 is 7.75. The Morgan fingerprint density at radius 3 is 2.78 bits per heavy atom. The lowest BCUT2D eigenvalue weighted by Gasteiger charge is -2.26. The molecule has 0 aromatic carbocycles. The fraction of sp³-hybridized carbons (Fsp3) is 0.455. The Balaban J connectivity index is 1.42. The lowest BCUT2D eigenvalue weighted by molar-refractivity contribution is 0.0647. The molecular formula is C22H27N7O3. The first-order valence-corrected chi connectivity index (χ1v) is 11.0. The maximum Gasteiger partial charge on any atom is 0.256 e. The van der Waals surface area contributed by atoms with Crippen molar-refractivity contribution >= 4 is 28.9 Å². The summed E-state index contributed by atoms with van der Waals surface area (Å²) in [6, 6.07) is 5.77. The van der Waals surface area contributed by atoms with E-state index in [9.17, 15) is 9.90 Å². The Labute approximate surface area is 185 Å². The third-order valence-corrected chi connectivity index (χ3v) is 5.84. The largest absolute Gasteiger partial charge is 0.473 e. The average Bonchev–Trinajstić information content (AvgIpc) is 3.51. The van der Waals surface area contributed by atoms with Crippen molar-refractivity contribution in [3.05, 3.63) is 36.2 Å². The molecule has 2 fully saturated rings. The zero-order chi connectivity index (χ0) is 22.1. The third-order valence-electron chi connectivity index (χ3n) is 5.84. The standard InChI is InChI=1S/C22H27N7O3/c1-23-19-11-18(28-20-16(12-25-29(19)20)21(31)26-13-4-5-13)27-17-3-2-10-24-22(17)32-15-8-6-14(30)7-9-15/h2-3,10-15,23,30H,4-9H2,1H3,(H,26,31)(H,27,28). The van der Waals surface area contributed by atoms with Crippen LogP contribution in [0, 0.1) is 0 Å². The zero-order valence-corrected chi connectivity index (χ0v) is 17.9. The summed E-state index contributed by atoms with van der Waals surface area (Å²) >= 11 is 0. The molecule has 32 heavy (non-hydrogen) atoms. The van der Waals surface area contributed by atoms with Crippen molar-refractivity contribution in [3.8, 4) is 5.88 Å². The van der Waals surface area contributed by atoms with E-state index in [-0.39, 0.29) is 24.2 Å². The van der Waals surface area contributed by atoms with Gasteiger partial charge in [-0.1, -0.05) is 0 Å². The number of nitrogens with one attached hydrogen (secondary N) is 3. The van der Waals surface area contributed by atoms with Crippen molar-refractivity contribution in [3.63, 3.8) is 0 Å². The maximum atomic E-state index is 12.6. The number of hydrogen-bond donors (Lipinski definition) is 4. The number of aliphatic hydroxyl groups excluding tert-OH is 1. The van der Waals surface area contributed by atoms with E-state index >= 15 is 0 Å². The van der Waals surface area contributed by atoms with E-state index in [4.69, 9.17) is 4.74 Å². The number of anilines is 3. The second-order valence-corrected chi connectivity index (χ2v) is 8.35. The van der Waals surface area contributed by atoms with Gasteiger partial charge in [-0.15, -0.1) is 0 Å². The Morgan fingerprint density at radius 2 is 2.03 bits per heavy atom. The van der Waals surface area contributed by atoms with Crippen LogP contribution in [0.25, 0.3) is 5.65 Å². The minimum Gasteiger partial charge on any atom is -0.473 e. The van der Waals surface area contributed by atoms with Gasteiger partial charge < -0.3 is 25.8 Å². The third kappa shape index (κ3) is 4.31. The lowest BCUT2D eigenvalue weighted by atomic mass is 9.95. The van der Waals surface area contributed by atoms with E-state index in [2.05, 4.69) is 31.0 Å². The molecule has 5 rings (SSSR count). The predicted molar refractivity (Wildman–Crippen MR) is 119 cm³/mol. The first kappa shape index (κ1) is 20.5. The number of aromatic nitrogens is 4. The highest BCUT2D eigenvalue weighted by Crippen LogP contribution is 2.30. The molecule has 168 valence electrons. The molecule has 0 atom stereocenters. The molecular weight excluding hydrogens is 410 g/mol. The van der Waals surface area contributed by atoms with E-state index in [0.717, 1.165) is 38.5 Å². The van der Waals surface area contributed by atoms with Crippen molar-refractivity contribution in [2.45, 2.75) is 56.8 Å². The number of carbonyl (C=O) groups excluding carboxylic acids is 1. The minimum absolute atomic E-state index is 0.0183. The number of pyridine rings is 1. The van der Waals surface area contributed by atoms with Gasteiger partial charge in [0.25, 0.3) is 5.91 Å². The van der Waals surface area contributed by atoms with Crippen LogP contribution in [-0.2, 0) is 0 Å². The van der Waals surface area contributed by atoms with Gasteiger partial charge >= 0.3 is 0 Å². The van der Waals surface area contributed by atoms with Crippen LogP contribution in [0.4, 0.5) is 17.3 Å². The monoisotopic (exact) mass is 437 g/mol. The van der Waals surface area contributed by atoms with E-state index in [1.807, 2.05) is 18.2 Å². The Kier molecular flexibility index (Phi) is 5.52. The number of rotatable bonds is 7. The van der Waals surface area contributed by atoms with Gasteiger partial charge in [-0.25, -0.2) is 9.97 Å². The number of nitrogens with zero attached hydrogens (tertiary/aromatic N) is 4. The van der Waals surface area contributed by atoms with Gasteiger partial charge in [0.05, 0.1) is 12.3 Å². The van der Waals surface area contributed by atoms with Gasteiger partial charge in [0.1, 0.15) is 29.0 Å². The summed E-state index contributed by atoms with van der Waals surface area (Å²) in [5.41, 5.74) is 1.58. The minimum atomic E-state index is -0.242. The van der Waals surface area contributed by atoms with Crippen molar-refractivity contribution in [2.24, 2.45) is 0 Å². The molecule has 0 saturated heterocycles. The Hall–Kier alpha value is -3.40. The molecule has 4 N–H and O–H groups in total. The molecule has 0 aliphatic heterocycles. The highest BCUT2D eigenvalue weighted by atomic mass is 16.5. The van der Waals surface area contributed by atoms with Gasteiger partial charge in [0.2, 0.25) is 5.88 Å². The fourth-order valence-corrected chi connectivity index (χ4v) is 3.89. The highest BCUT2D eigenvalue weighted by Gasteiger charge is 2.26. The van der Waals surface area contributed by atoms with E-state index < -0.39 is 0 Å². The molecule has 10 nitrogen and oxygen atoms in total. The molecule has 3 aromatic rings. The Bertz CT molecular complexity index is 1120. The molecule has 10 heteroatoms. The van der Waals surface area contributed by atoms with Crippen LogP contribution in [-0.4, -0.2) is 55.9 Å². The molecule has 0 radical (unpaired) electrons. The van der Waals surface area contributed by atoms with Crippen LogP contribution in [0.5, 0.6) is 5.88 Å². The first-order valence-electron chi connectivity index (χ1n) is 11.0. The van der Waals surface area contributed by atoms with Gasteiger partial charge in [-0.3, -0.25) is 4.79 Å². The van der Waals surface area contributed by atoms with Crippen LogP contribution in [0.15, 0.2) is 30.6 Å². The Morgan fingerprint density at radius 1 is 1.22 bits per heavy atom. The molecule has 3 heterocycles. The first-order chi connectivity index (χ1) is 15.6. The average molecular weight is 438 g/mol. The van der Waals surface area contributed by atoms with Gasteiger partial charge in [-0.2, -0.15) is 9.61 Å². The summed E-state index contributed by atoms with van der Waals surface area (Å²) in [5, 5.41) is 23.5. The van der Waals surface area contributed by atoms with Gasteiger partial charge in [0, 0.05) is 25.4 Å². The van der Waals surface area contributed by atoms with E-state index in [1.165, 1.54) is 0 Å². The molecule has 0 bridgehead atoms. The second-order valence-electron chi connectivity index (χ2n) is 8.35. The van der Waals surface area contributed by atoms with Crippen LogP contribution < -0.4 is 20.7 Å². The summed E-state index contributed by atoms with van der Waals surface area (Å²) in [5.74, 6) is 1.55. The number of carbonyl (C=O) groups is 1. The fourth-order valence-electron chi connectivity index (χ4n) is 3.89. The topological polar surface area (TPSA) is 126 Å². The molecule has 2 saturated carbocycles. The molecule has 2 aliphatic carbocycles. The number of aliphatic hydroxyl groups is 1. The van der Waals surface area contributed by atoms with E-state index in [1.54, 1.807) is 24.0 Å². The highest BCUT2D eigenvalue weighted by molar-refractivity contribution is 6.00. The molecule has 0 unspecified atom stereocenters. The van der Waals surface area contributed by atoms with E-state index in [0.29, 0.717) is 34.4 Å².